The van der Waals surface area contributed by atoms with Crippen LogP contribution in [0.15, 0.2) is 0 Å². The Morgan fingerprint density at radius 3 is 1.19 bits per heavy atom. The van der Waals surface area contributed by atoms with E-state index in [0.717, 1.165) is 39.6 Å². The van der Waals surface area contributed by atoms with Gasteiger partial charge in [0, 0.05) is 39.6 Å². The standard InChI is InChI=1S/C8H18O.2C5H10O/c1-3-5-7-9-8-6-4-2;2*1-2-4-6-5-3-1/h3-8H2,1-2H3;2*1-5H2. The first-order valence-electron chi connectivity index (χ1n) is 9.15. The molecule has 0 saturated carbocycles. The van der Waals surface area contributed by atoms with E-state index in [-0.39, 0.29) is 0 Å². The topological polar surface area (TPSA) is 27.7 Å². The van der Waals surface area contributed by atoms with Crippen molar-refractivity contribution in [2.24, 2.45) is 0 Å². The zero-order valence-electron chi connectivity index (χ0n) is 14.5. The lowest BCUT2D eigenvalue weighted by Gasteiger charge is -2.08. The molecule has 0 aliphatic carbocycles. The molecule has 0 spiro atoms. The number of rotatable bonds is 6. The summed E-state index contributed by atoms with van der Waals surface area (Å²) < 4.78 is 15.5. The third-order valence-corrected chi connectivity index (χ3v) is 3.44. The summed E-state index contributed by atoms with van der Waals surface area (Å²) in [5.41, 5.74) is 0. The average molecular weight is 302 g/mol. The Labute approximate surface area is 132 Å². The lowest BCUT2D eigenvalue weighted by atomic mass is 10.2. The summed E-state index contributed by atoms with van der Waals surface area (Å²) in [6.07, 6.45) is 12.8. The van der Waals surface area contributed by atoms with Crippen molar-refractivity contribution in [2.45, 2.75) is 78.1 Å². The van der Waals surface area contributed by atoms with Gasteiger partial charge < -0.3 is 14.2 Å². The number of hydrogen-bond acceptors (Lipinski definition) is 3. The van der Waals surface area contributed by atoms with Crippen molar-refractivity contribution in [2.75, 3.05) is 39.6 Å². The normalized spacial score (nSPS) is 18.0. The first-order valence-corrected chi connectivity index (χ1v) is 9.15. The molecule has 2 heterocycles. The number of unbranched alkanes of at least 4 members (excludes halogenated alkanes) is 2. The van der Waals surface area contributed by atoms with Gasteiger partial charge in [-0.2, -0.15) is 0 Å². The predicted molar refractivity (Wildman–Crippen MR) is 90.0 cm³/mol. The Morgan fingerprint density at radius 2 is 1.00 bits per heavy atom. The van der Waals surface area contributed by atoms with Crippen LogP contribution in [-0.2, 0) is 14.2 Å². The molecule has 0 amide bonds. The highest BCUT2D eigenvalue weighted by Gasteiger charge is 1.95. The molecular formula is C18H38O3. The van der Waals surface area contributed by atoms with Crippen molar-refractivity contribution < 1.29 is 14.2 Å². The molecule has 0 atom stereocenters. The molecular weight excluding hydrogens is 264 g/mol. The van der Waals surface area contributed by atoms with Gasteiger partial charge in [-0.15, -0.1) is 0 Å². The Hall–Kier alpha value is -0.120. The van der Waals surface area contributed by atoms with Crippen LogP contribution < -0.4 is 0 Å². The van der Waals surface area contributed by atoms with Crippen LogP contribution in [-0.4, -0.2) is 39.6 Å². The largest absolute Gasteiger partial charge is 0.381 e. The van der Waals surface area contributed by atoms with E-state index in [1.807, 2.05) is 0 Å². The lowest BCUT2D eigenvalue weighted by Crippen LogP contribution is -2.03. The Morgan fingerprint density at radius 1 is 0.619 bits per heavy atom. The van der Waals surface area contributed by atoms with Gasteiger partial charge in [0.2, 0.25) is 0 Å². The maximum atomic E-state index is 5.31. The van der Waals surface area contributed by atoms with Gasteiger partial charge in [-0.25, -0.2) is 0 Å². The van der Waals surface area contributed by atoms with E-state index < -0.39 is 0 Å². The molecule has 128 valence electrons. The summed E-state index contributed by atoms with van der Waals surface area (Å²) in [6.45, 7) is 10.3. The number of hydrogen-bond donors (Lipinski definition) is 0. The summed E-state index contributed by atoms with van der Waals surface area (Å²) in [4.78, 5) is 0. The molecule has 2 aliphatic heterocycles. The van der Waals surface area contributed by atoms with E-state index in [9.17, 15) is 0 Å². The van der Waals surface area contributed by atoms with Gasteiger partial charge in [-0.05, 0) is 51.4 Å². The average Bonchev–Trinajstić information content (AvgIpc) is 2.59. The molecule has 21 heavy (non-hydrogen) atoms. The summed E-state index contributed by atoms with van der Waals surface area (Å²) in [5, 5.41) is 0. The van der Waals surface area contributed by atoms with Crippen molar-refractivity contribution >= 4 is 0 Å². The second-order valence-corrected chi connectivity index (χ2v) is 5.67. The molecule has 2 aliphatic rings. The summed E-state index contributed by atoms with van der Waals surface area (Å²) >= 11 is 0. The first kappa shape index (κ1) is 20.9. The highest BCUT2D eigenvalue weighted by molar-refractivity contribution is 4.45. The van der Waals surface area contributed by atoms with E-state index >= 15 is 0 Å². The molecule has 0 aromatic rings. The maximum Gasteiger partial charge on any atom is 0.0466 e. The molecule has 2 saturated heterocycles. The summed E-state index contributed by atoms with van der Waals surface area (Å²) in [5.74, 6) is 0. The van der Waals surface area contributed by atoms with E-state index in [1.54, 1.807) is 0 Å². The number of ether oxygens (including phenoxy) is 3. The minimum Gasteiger partial charge on any atom is -0.381 e. The van der Waals surface area contributed by atoms with Gasteiger partial charge in [0.05, 0.1) is 0 Å². The van der Waals surface area contributed by atoms with Gasteiger partial charge in [0.15, 0.2) is 0 Å². The van der Waals surface area contributed by atoms with Gasteiger partial charge in [0.1, 0.15) is 0 Å². The molecule has 0 bridgehead atoms. The molecule has 0 aromatic carbocycles. The van der Waals surface area contributed by atoms with Crippen LogP contribution in [0.25, 0.3) is 0 Å². The van der Waals surface area contributed by atoms with Crippen LogP contribution in [0.5, 0.6) is 0 Å². The Balaban J connectivity index is 0.000000293. The summed E-state index contributed by atoms with van der Waals surface area (Å²) in [7, 11) is 0. The quantitative estimate of drug-likeness (QED) is 0.648. The molecule has 2 fully saturated rings. The van der Waals surface area contributed by atoms with Gasteiger partial charge in [0.25, 0.3) is 0 Å². The second-order valence-electron chi connectivity index (χ2n) is 5.67. The summed E-state index contributed by atoms with van der Waals surface area (Å²) in [6, 6.07) is 0. The Bertz CT molecular complexity index is 125. The molecule has 2 rings (SSSR count). The van der Waals surface area contributed by atoms with E-state index in [0.29, 0.717) is 0 Å². The SMILES string of the molecule is C1CCOCC1.C1CCOCC1.CCCCOCCCC. The minimum atomic E-state index is 0.955. The van der Waals surface area contributed by atoms with E-state index in [2.05, 4.69) is 13.8 Å². The second kappa shape index (κ2) is 19.9. The third-order valence-electron chi connectivity index (χ3n) is 3.44. The van der Waals surface area contributed by atoms with Crippen LogP contribution in [0, 0.1) is 0 Å². The molecule has 3 nitrogen and oxygen atoms in total. The molecule has 0 radical (unpaired) electrons. The van der Waals surface area contributed by atoms with Crippen LogP contribution in [0.3, 0.4) is 0 Å². The predicted octanol–water partition coefficient (Wildman–Crippen LogP) is 4.98. The fraction of sp³-hybridized carbons (Fsp3) is 1.00. The smallest absolute Gasteiger partial charge is 0.0466 e. The zero-order chi connectivity index (χ0) is 15.4. The first-order chi connectivity index (χ1) is 10.4. The van der Waals surface area contributed by atoms with E-state index in [4.69, 9.17) is 14.2 Å². The van der Waals surface area contributed by atoms with E-state index in [1.165, 1.54) is 64.2 Å². The Kier molecular flexibility index (Phi) is 19.8. The molecule has 0 unspecified atom stereocenters. The van der Waals surface area contributed by atoms with Crippen molar-refractivity contribution in [1.29, 1.82) is 0 Å². The molecule has 0 N–H and O–H groups in total. The van der Waals surface area contributed by atoms with Crippen molar-refractivity contribution in [1.82, 2.24) is 0 Å². The molecule has 3 heteroatoms. The zero-order valence-corrected chi connectivity index (χ0v) is 14.5. The van der Waals surface area contributed by atoms with Gasteiger partial charge >= 0.3 is 0 Å². The highest BCUT2D eigenvalue weighted by Crippen LogP contribution is 2.02. The lowest BCUT2D eigenvalue weighted by molar-refractivity contribution is 0.0967. The van der Waals surface area contributed by atoms with Crippen molar-refractivity contribution in [3.8, 4) is 0 Å². The van der Waals surface area contributed by atoms with Gasteiger partial charge in [-0.3, -0.25) is 0 Å². The van der Waals surface area contributed by atoms with Crippen molar-refractivity contribution in [3.63, 3.8) is 0 Å². The maximum absolute atomic E-state index is 5.31. The third kappa shape index (κ3) is 19.9. The molecule has 0 aromatic heterocycles. The highest BCUT2D eigenvalue weighted by atomic mass is 16.5. The van der Waals surface area contributed by atoms with Crippen LogP contribution in [0.4, 0.5) is 0 Å². The van der Waals surface area contributed by atoms with Crippen LogP contribution in [0.2, 0.25) is 0 Å². The minimum absolute atomic E-state index is 0.955. The van der Waals surface area contributed by atoms with Gasteiger partial charge in [-0.1, -0.05) is 26.7 Å². The van der Waals surface area contributed by atoms with Crippen LogP contribution >= 0.6 is 0 Å². The fourth-order valence-corrected chi connectivity index (χ4v) is 1.97. The fourth-order valence-electron chi connectivity index (χ4n) is 1.97. The van der Waals surface area contributed by atoms with Crippen LogP contribution in [0.1, 0.15) is 78.1 Å². The van der Waals surface area contributed by atoms with Crippen molar-refractivity contribution in [3.05, 3.63) is 0 Å². The monoisotopic (exact) mass is 302 g/mol.